The minimum absolute atomic E-state index is 0.0806. The number of hydrogen-bond donors (Lipinski definition) is 2. The summed E-state index contributed by atoms with van der Waals surface area (Å²) in [5.74, 6) is -2.30. The summed E-state index contributed by atoms with van der Waals surface area (Å²) in [5.41, 5.74) is 8.49. The van der Waals surface area contributed by atoms with Crippen LogP contribution in [0.2, 0.25) is 5.02 Å². The molecule has 2 N–H and O–H groups in total. The Hall–Kier alpha value is -6.72. The molecule has 0 amide bonds. The summed E-state index contributed by atoms with van der Waals surface area (Å²) >= 11 is 9.26. The van der Waals surface area contributed by atoms with Crippen LogP contribution in [-0.4, -0.2) is 33.5 Å². The fraction of sp³-hybridized carbons (Fsp3) is 0.204. The normalized spacial score (nSPS) is 16.2. The van der Waals surface area contributed by atoms with Gasteiger partial charge in [0, 0.05) is 91.4 Å². The van der Waals surface area contributed by atoms with Gasteiger partial charge in [-0.3, -0.25) is 19.6 Å². The molecule has 0 fully saturated rings. The molecule has 2 unspecified atom stereocenters. The molecule has 2 aromatic carbocycles. The summed E-state index contributed by atoms with van der Waals surface area (Å²) in [7, 11) is 0. The average Bonchev–Trinajstić information content (AvgIpc) is 3.89. The smallest absolute Gasteiger partial charge is 0.337 e. The highest BCUT2D eigenvalue weighted by Gasteiger charge is 2.39. The van der Waals surface area contributed by atoms with E-state index in [-0.39, 0.29) is 24.8 Å². The van der Waals surface area contributed by atoms with Crippen LogP contribution in [0.5, 0.6) is 0 Å². The van der Waals surface area contributed by atoms with Crippen LogP contribution in [0.25, 0.3) is 20.2 Å². The lowest BCUT2D eigenvalue weighted by Crippen LogP contribution is -2.31. The number of esters is 2. The Labute approximate surface area is 377 Å². The van der Waals surface area contributed by atoms with Crippen molar-refractivity contribution in [1.29, 1.82) is 5.26 Å². The van der Waals surface area contributed by atoms with Gasteiger partial charge in [0.05, 0.1) is 21.4 Å². The number of thiophene rings is 2. The monoisotopic (exact) mass is 895 g/mol. The van der Waals surface area contributed by atoms with Gasteiger partial charge in [0.15, 0.2) is 11.6 Å². The third-order valence-electron chi connectivity index (χ3n) is 10.8. The molecular weight excluding hydrogens is 854 g/mol. The van der Waals surface area contributed by atoms with Crippen LogP contribution in [0, 0.1) is 11.3 Å². The Morgan fingerprint density at radius 3 is 1.68 bits per heavy atom. The number of dihydropyridines is 2. The molecule has 2 aliphatic rings. The average molecular weight is 896 g/mol. The number of carbonyl (C=O) groups is 4. The molecule has 2 aliphatic heterocycles. The maximum Gasteiger partial charge on any atom is 0.337 e. The van der Waals surface area contributed by atoms with Crippen LogP contribution in [0.15, 0.2) is 141 Å². The molecule has 0 spiro atoms. The molecule has 0 radical (unpaired) electrons. The van der Waals surface area contributed by atoms with E-state index in [1.54, 1.807) is 54.3 Å². The lowest BCUT2D eigenvalue weighted by Gasteiger charge is -2.30. The van der Waals surface area contributed by atoms with Crippen molar-refractivity contribution in [3.63, 3.8) is 0 Å². The quantitative estimate of drug-likeness (QED) is 0.126. The SMILES string of the molecule is CC(=O)C1=C(C)NC(C)=C(C(=O)OCc2cccnc2)C1c1csc2c(C#N)cccc12.CC(=O)C1=C(C)NC(C)=C(C(=O)OCc2cccnc2)C1c1csc2ccc(Cl)cc12. The van der Waals surface area contributed by atoms with Crippen molar-refractivity contribution in [2.24, 2.45) is 0 Å². The molecule has 11 nitrogen and oxygen atoms in total. The first-order chi connectivity index (χ1) is 30.3. The predicted molar refractivity (Wildman–Crippen MR) is 245 cm³/mol. The third-order valence-corrected chi connectivity index (χ3v) is 13.1. The van der Waals surface area contributed by atoms with Crippen LogP contribution in [0.4, 0.5) is 0 Å². The number of pyridine rings is 2. The summed E-state index contributed by atoms with van der Waals surface area (Å²) in [5, 5.41) is 22.2. The second kappa shape index (κ2) is 19.1. The molecule has 0 saturated heterocycles. The maximum absolute atomic E-state index is 13.3. The minimum atomic E-state index is -0.585. The summed E-state index contributed by atoms with van der Waals surface area (Å²) < 4.78 is 13.1. The van der Waals surface area contributed by atoms with E-state index in [9.17, 15) is 24.4 Å². The number of aromatic nitrogens is 2. The number of nitriles is 1. The number of fused-ring (bicyclic) bond motifs is 2. The van der Waals surface area contributed by atoms with Crippen molar-refractivity contribution in [3.05, 3.63) is 174 Å². The molecule has 6 heterocycles. The number of benzene rings is 2. The van der Waals surface area contributed by atoms with E-state index >= 15 is 0 Å². The van der Waals surface area contributed by atoms with Crippen molar-refractivity contribution < 1.29 is 28.7 Å². The number of ketones is 2. The molecule has 0 aliphatic carbocycles. The molecule has 63 heavy (non-hydrogen) atoms. The number of nitrogens with zero attached hydrogens (tertiary/aromatic N) is 3. The molecule has 4 aromatic heterocycles. The molecule has 0 saturated carbocycles. The van der Waals surface area contributed by atoms with Crippen molar-refractivity contribution in [1.82, 2.24) is 20.6 Å². The number of rotatable bonds is 10. The molecule has 0 bridgehead atoms. The fourth-order valence-electron chi connectivity index (χ4n) is 8.14. The number of ether oxygens (including phenoxy) is 2. The van der Waals surface area contributed by atoms with Crippen molar-refractivity contribution in [3.8, 4) is 6.07 Å². The second-order valence-corrected chi connectivity index (χ2v) is 17.3. The summed E-state index contributed by atoms with van der Waals surface area (Å²) in [6, 6.07) is 20.6. The Morgan fingerprint density at radius 2 is 1.19 bits per heavy atom. The van der Waals surface area contributed by atoms with Gasteiger partial charge >= 0.3 is 11.9 Å². The zero-order valence-corrected chi connectivity index (χ0v) is 37.7. The lowest BCUT2D eigenvalue weighted by molar-refractivity contribution is -0.141. The lowest BCUT2D eigenvalue weighted by atomic mass is 9.79. The van der Waals surface area contributed by atoms with Crippen molar-refractivity contribution in [2.45, 2.75) is 66.6 Å². The van der Waals surface area contributed by atoms with E-state index in [1.807, 2.05) is 80.9 Å². The molecular formula is C49H42ClN5O6S2. The predicted octanol–water partition coefficient (Wildman–Crippen LogP) is 10.3. The van der Waals surface area contributed by atoms with Crippen LogP contribution >= 0.6 is 34.3 Å². The number of hydrogen-bond acceptors (Lipinski definition) is 13. The molecule has 14 heteroatoms. The topological polar surface area (TPSA) is 160 Å². The maximum atomic E-state index is 13.3. The van der Waals surface area contributed by atoms with Gasteiger partial charge in [-0.15, -0.1) is 22.7 Å². The van der Waals surface area contributed by atoms with Crippen LogP contribution in [-0.2, 0) is 41.9 Å². The summed E-state index contributed by atoms with van der Waals surface area (Å²) in [6.45, 7) is 10.5. The van der Waals surface area contributed by atoms with Gasteiger partial charge in [-0.2, -0.15) is 5.26 Å². The van der Waals surface area contributed by atoms with E-state index in [0.717, 1.165) is 48.1 Å². The first-order valence-corrected chi connectivity index (χ1v) is 22.0. The fourth-order valence-corrected chi connectivity index (χ4v) is 10.3. The van der Waals surface area contributed by atoms with E-state index in [4.69, 9.17) is 21.1 Å². The van der Waals surface area contributed by atoms with Gasteiger partial charge in [-0.05, 0) is 111 Å². The first kappa shape index (κ1) is 44.3. The summed E-state index contributed by atoms with van der Waals surface area (Å²) in [6.07, 6.45) is 6.62. The Balaban J connectivity index is 0.000000189. The molecule has 8 rings (SSSR count). The van der Waals surface area contributed by atoms with Crippen molar-refractivity contribution in [2.75, 3.05) is 0 Å². The van der Waals surface area contributed by atoms with Gasteiger partial charge < -0.3 is 20.1 Å². The highest BCUT2D eigenvalue weighted by molar-refractivity contribution is 7.17. The van der Waals surface area contributed by atoms with Gasteiger partial charge in [-0.1, -0.05) is 35.9 Å². The second-order valence-electron chi connectivity index (χ2n) is 15.1. The van der Waals surface area contributed by atoms with Crippen LogP contribution in [0.3, 0.4) is 0 Å². The van der Waals surface area contributed by atoms with E-state index in [1.165, 1.54) is 25.2 Å². The molecule has 6 aromatic rings. The zero-order chi connectivity index (χ0) is 44.9. The van der Waals surface area contributed by atoms with Gasteiger partial charge in [0.2, 0.25) is 0 Å². The van der Waals surface area contributed by atoms with Gasteiger partial charge in [0.1, 0.15) is 19.3 Å². The zero-order valence-electron chi connectivity index (χ0n) is 35.3. The van der Waals surface area contributed by atoms with E-state index < -0.39 is 23.8 Å². The third kappa shape index (κ3) is 9.25. The number of nitrogens with one attached hydrogen (secondary N) is 2. The van der Waals surface area contributed by atoms with Crippen LogP contribution in [0.1, 0.15) is 81.2 Å². The van der Waals surface area contributed by atoms with Crippen molar-refractivity contribution >= 4 is 78.0 Å². The van der Waals surface area contributed by atoms with E-state index in [2.05, 4.69) is 26.7 Å². The Morgan fingerprint density at radius 1 is 0.683 bits per heavy atom. The summed E-state index contributed by atoms with van der Waals surface area (Å²) in [4.78, 5) is 60.0. The van der Waals surface area contributed by atoms with Gasteiger partial charge in [0.25, 0.3) is 0 Å². The minimum Gasteiger partial charge on any atom is -0.457 e. The highest BCUT2D eigenvalue weighted by atomic mass is 35.5. The Kier molecular flexibility index (Phi) is 13.5. The molecule has 318 valence electrons. The number of allylic oxidation sites excluding steroid dienone is 6. The van der Waals surface area contributed by atoms with E-state index in [0.29, 0.717) is 50.0 Å². The standard InChI is InChI=1S/C25H21N3O3S.C24H21ClN2O3S/c1-14-21(16(3)29)23(20-13-32-24-18(10-26)7-4-8-19(20)24)22(15(2)28-14)25(30)31-12-17-6-5-9-27-11-17;1-13-21(15(3)28)23(19-12-31-20-7-6-17(25)9-18(19)20)22(14(2)27-13)24(29)30-11-16-5-4-8-26-10-16/h4-9,11,13,23,28H,12H2,1-3H3;4-10,12,23,27H,11H2,1-3H3. The number of Topliss-reactive ketones (excluding diaryl/α,β-unsaturated/α-hetero) is 2. The Bertz CT molecular complexity index is 2980. The van der Waals surface area contributed by atoms with Gasteiger partial charge in [-0.25, -0.2) is 9.59 Å². The first-order valence-electron chi connectivity index (χ1n) is 19.9. The van der Waals surface area contributed by atoms with Crippen LogP contribution < -0.4 is 10.6 Å². The highest BCUT2D eigenvalue weighted by Crippen LogP contribution is 2.46. The number of halogens is 1. The largest absolute Gasteiger partial charge is 0.457 e. The molecule has 2 atom stereocenters. The number of carbonyl (C=O) groups excluding carboxylic acids is 4.